The van der Waals surface area contributed by atoms with E-state index in [0.29, 0.717) is 13.0 Å². The van der Waals surface area contributed by atoms with E-state index in [1.165, 1.54) is 83.5 Å². The molecule has 0 radical (unpaired) electrons. The summed E-state index contributed by atoms with van der Waals surface area (Å²) < 4.78 is 32.9. The quantitative estimate of drug-likeness (QED) is 0.111. The van der Waals surface area contributed by atoms with Crippen LogP contribution >= 0.6 is 0 Å². The van der Waals surface area contributed by atoms with Gasteiger partial charge in [-0.25, -0.2) is 8.42 Å². The van der Waals surface area contributed by atoms with Crippen molar-refractivity contribution in [2.75, 3.05) is 18.8 Å². The second kappa shape index (κ2) is 26.0. The van der Waals surface area contributed by atoms with Gasteiger partial charge in [0.1, 0.15) is 0 Å². The number of carbonyl (C=O) groups excluding carboxylic acids is 1. The van der Waals surface area contributed by atoms with Crippen LogP contribution in [0.4, 0.5) is 0 Å². The minimum absolute atomic E-state index is 0. The molecule has 0 rings (SSSR count). The zero-order valence-electron chi connectivity index (χ0n) is 23.3. The summed E-state index contributed by atoms with van der Waals surface area (Å²) in [7, 11) is -4.51. The Morgan fingerprint density at radius 2 is 1.09 bits per heavy atom. The summed E-state index contributed by atoms with van der Waals surface area (Å²) in [5, 5.41) is 10.0. The van der Waals surface area contributed by atoms with Gasteiger partial charge in [0.05, 0.1) is 22.0 Å². The Morgan fingerprint density at radius 3 is 1.49 bits per heavy atom. The Labute approximate surface area is 239 Å². The molecule has 0 heterocycles. The van der Waals surface area contributed by atoms with Crippen molar-refractivity contribution >= 4 is 16.0 Å². The van der Waals surface area contributed by atoms with Crippen LogP contribution in [0.1, 0.15) is 142 Å². The van der Waals surface area contributed by atoms with E-state index in [-0.39, 0.29) is 42.0 Å². The summed E-state index contributed by atoms with van der Waals surface area (Å²) in [6, 6.07) is 0. The number of aliphatic hydroxyl groups is 1. The minimum Gasteiger partial charge on any atom is -0.748 e. The molecule has 0 aliphatic heterocycles. The van der Waals surface area contributed by atoms with Gasteiger partial charge >= 0.3 is 29.6 Å². The Balaban J connectivity index is 0. The first-order chi connectivity index (χ1) is 16.3. The number of hydrogen-bond donors (Lipinski definition) is 1. The van der Waals surface area contributed by atoms with E-state index in [1.807, 2.05) is 0 Å². The van der Waals surface area contributed by atoms with Gasteiger partial charge in [0, 0.05) is 19.5 Å². The third-order valence-electron chi connectivity index (χ3n) is 6.46. The minimum atomic E-state index is -4.51. The van der Waals surface area contributed by atoms with Crippen LogP contribution in [-0.4, -0.2) is 53.8 Å². The smallest absolute Gasteiger partial charge is 0.748 e. The molecule has 6 nitrogen and oxygen atoms in total. The molecule has 1 N–H and O–H groups in total. The molecule has 1 atom stereocenters. The molecule has 0 aromatic rings. The number of hydrogen-bond acceptors (Lipinski definition) is 5. The fourth-order valence-electron chi connectivity index (χ4n) is 4.40. The van der Waals surface area contributed by atoms with Gasteiger partial charge in [-0.2, -0.15) is 0 Å². The van der Waals surface area contributed by atoms with Gasteiger partial charge in [0.15, 0.2) is 0 Å². The molecule has 0 spiro atoms. The van der Waals surface area contributed by atoms with Crippen molar-refractivity contribution in [3.63, 3.8) is 0 Å². The van der Waals surface area contributed by atoms with Crippen molar-refractivity contribution in [3.8, 4) is 0 Å². The summed E-state index contributed by atoms with van der Waals surface area (Å²) in [5.74, 6) is -0.881. The topological polar surface area (TPSA) is 97.7 Å². The number of amides is 1. The summed E-state index contributed by atoms with van der Waals surface area (Å²) in [4.78, 5) is 14.3. The molecule has 0 aromatic carbocycles. The second-order valence-corrected chi connectivity index (χ2v) is 11.4. The molecule has 0 aliphatic carbocycles. The van der Waals surface area contributed by atoms with Gasteiger partial charge in [-0.15, -0.1) is 0 Å². The third kappa shape index (κ3) is 27.2. The van der Waals surface area contributed by atoms with Crippen LogP contribution in [0.5, 0.6) is 0 Å². The predicted molar refractivity (Wildman–Crippen MR) is 141 cm³/mol. The number of carbonyl (C=O) groups is 1. The molecule has 1 amide bonds. The third-order valence-corrected chi connectivity index (χ3v) is 7.25. The predicted octanol–water partition coefficient (Wildman–Crippen LogP) is 3.57. The van der Waals surface area contributed by atoms with E-state index in [0.717, 1.165) is 38.5 Å². The average Bonchev–Trinajstić information content (AvgIpc) is 2.77. The average molecular weight is 528 g/mol. The summed E-state index contributed by atoms with van der Waals surface area (Å²) in [5.41, 5.74) is 0. The molecular weight excluding hydrogens is 473 g/mol. The van der Waals surface area contributed by atoms with Crippen molar-refractivity contribution in [3.05, 3.63) is 0 Å². The van der Waals surface area contributed by atoms with Gasteiger partial charge in [0.2, 0.25) is 5.91 Å². The molecule has 1 unspecified atom stereocenters. The van der Waals surface area contributed by atoms with E-state index >= 15 is 0 Å². The maximum absolute atomic E-state index is 12.7. The molecule has 35 heavy (non-hydrogen) atoms. The number of rotatable bonds is 25. The molecule has 0 saturated heterocycles. The Morgan fingerprint density at radius 1 is 0.714 bits per heavy atom. The van der Waals surface area contributed by atoms with Crippen LogP contribution in [0.25, 0.3) is 0 Å². The number of nitrogens with zero attached hydrogens (tertiary/aromatic N) is 1. The molecule has 0 aromatic heterocycles. The van der Waals surface area contributed by atoms with E-state index in [2.05, 4.69) is 13.8 Å². The largest absolute Gasteiger partial charge is 1.00 e. The fourth-order valence-corrected chi connectivity index (χ4v) is 4.97. The first kappa shape index (κ1) is 37.5. The normalized spacial score (nSPS) is 12.3. The zero-order valence-corrected chi connectivity index (χ0v) is 26.1. The van der Waals surface area contributed by atoms with Crippen molar-refractivity contribution in [1.29, 1.82) is 0 Å². The van der Waals surface area contributed by atoms with Crippen molar-refractivity contribution in [1.82, 2.24) is 4.90 Å². The maximum atomic E-state index is 12.7. The van der Waals surface area contributed by atoms with Gasteiger partial charge in [-0.05, 0) is 12.8 Å². The maximum Gasteiger partial charge on any atom is 1.00 e. The van der Waals surface area contributed by atoms with Crippen molar-refractivity contribution in [2.45, 2.75) is 148 Å². The molecule has 0 fully saturated rings. The van der Waals surface area contributed by atoms with E-state index in [4.69, 9.17) is 0 Å². The van der Waals surface area contributed by atoms with Gasteiger partial charge in [-0.1, -0.05) is 123 Å². The second-order valence-electron chi connectivity index (χ2n) is 9.98. The van der Waals surface area contributed by atoms with Crippen LogP contribution in [-0.2, 0) is 14.9 Å². The van der Waals surface area contributed by atoms with Gasteiger partial charge in [-0.3, -0.25) is 4.79 Å². The van der Waals surface area contributed by atoms with Crippen molar-refractivity contribution in [2.24, 2.45) is 0 Å². The summed E-state index contributed by atoms with van der Waals surface area (Å²) in [6.45, 7) is 4.89. The number of unbranched alkanes of at least 4 members (excludes halogenated alkanes) is 17. The Kier molecular flexibility index (Phi) is 27.8. The Bertz CT molecular complexity index is 574. The standard InChI is InChI=1S/C27H55NO5S.Na/c1-3-5-7-9-11-13-15-17-19-21-23-28(24-26(29)25-34(31,32)33)27(30)22-20-18-16-14-12-10-8-6-4-2;/h26,29H,3-25H2,1-2H3,(H,31,32,33);/q;+1/p-1. The van der Waals surface area contributed by atoms with Crippen LogP contribution in [0.15, 0.2) is 0 Å². The molecule has 0 bridgehead atoms. The van der Waals surface area contributed by atoms with Gasteiger partial charge in [0.25, 0.3) is 0 Å². The molecule has 0 saturated carbocycles. The van der Waals surface area contributed by atoms with E-state index < -0.39 is 22.0 Å². The number of aliphatic hydroxyl groups excluding tert-OH is 1. The molecular formula is C27H54NNaO5S. The summed E-state index contributed by atoms with van der Waals surface area (Å²) in [6.07, 6.45) is 21.7. The van der Waals surface area contributed by atoms with Crippen LogP contribution in [0.3, 0.4) is 0 Å². The van der Waals surface area contributed by atoms with E-state index in [1.54, 1.807) is 4.90 Å². The van der Waals surface area contributed by atoms with Crippen LogP contribution in [0.2, 0.25) is 0 Å². The van der Waals surface area contributed by atoms with Crippen LogP contribution < -0.4 is 29.6 Å². The first-order valence-electron chi connectivity index (χ1n) is 14.2. The molecule has 8 heteroatoms. The van der Waals surface area contributed by atoms with Crippen molar-refractivity contribution < 1.29 is 52.4 Å². The van der Waals surface area contributed by atoms with Crippen LogP contribution in [0, 0.1) is 0 Å². The molecule has 204 valence electrons. The monoisotopic (exact) mass is 527 g/mol. The first-order valence-corrected chi connectivity index (χ1v) is 15.8. The zero-order chi connectivity index (χ0) is 25.5. The van der Waals surface area contributed by atoms with Gasteiger partial charge < -0.3 is 14.6 Å². The van der Waals surface area contributed by atoms with E-state index in [9.17, 15) is 22.9 Å². The SMILES string of the molecule is CCCCCCCCCCCCN(CC(O)CS(=O)(=O)[O-])C(=O)CCCCCCCCCCC.[Na+]. The molecule has 0 aliphatic rings. The summed E-state index contributed by atoms with van der Waals surface area (Å²) >= 11 is 0. The Hall–Kier alpha value is 0.340. The fraction of sp³-hybridized carbons (Fsp3) is 0.963.